The minimum Gasteiger partial charge on any atom is -0.404 e. The lowest BCUT2D eigenvalue weighted by Gasteiger charge is -2.33. The van der Waals surface area contributed by atoms with Crippen LogP contribution in [0.5, 0.6) is 0 Å². The molecule has 0 saturated carbocycles. The summed E-state index contributed by atoms with van der Waals surface area (Å²) in [6, 6.07) is 3.06. The van der Waals surface area contributed by atoms with Gasteiger partial charge < -0.3 is 20.9 Å². The second-order valence-electron chi connectivity index (χ2n) is 10.8. The van der Waals surface area contributed by atoms with Gasteiger partial charge in [-0.1, -0.05) is 0 Å². The predicted molar refractivity (Wildman–Crippen MR) is 156 cm³/mol. The molecule has 0 atom stereocenters. The highest BCUT2D eigenvalue weighted by Gasteiger charge is 2.35. The van der Waals surface area contributed by atoms with Crippen molar-refractivity contribution in [2.45, 2.75) is 58.0 Å². The predicted octanol–water partition coefficient (Wildman–Crippen LogP) is 3.74. The lowest BCUT2D eigenvalue weighted by atomic mass is 9.90. The fraction of sp³-hybridized carbons (Fsp3) is 0.536. The highest BCUT2D eigenvalue weighted by molar-refractivity contribution is 7.91. The molecule has 3 N–H and O–H groups in total. The monoisotopic (exact) mass is 589 g/mol. The van der Waals surface area contributed by atoms with Crippen molar-refractivity contribution < 1.29 is 22.0 Å². The fourth-order valence-electron chi connectivity index (χ4n) is 6.21. The molecule has 13 heteroatoms. The van der Waals surface area contributed by atoms with Crippen LogP contribution in [0.2, 0.25) is 0 Å². The van der Waals surface area contributed by atoms with Gasteiger partial charge in [-0.3, -0.25) is 9.67 Å². The molecule has 2 amide bonds. The average molecular weight is 590 g/mol. The van der Waals surface area contributed by atoms with Crippen molar-refractivity contribution in [3.63, 3.8) is 0 Å². The molecule has 4 heterocycles. The van der Waals surface area contributed by atoms with Gasteiger partial charge in [-0.15, -0.1) is 0 Å². The number of nitrogens with two attached hydrogens (primary N) is 1. The Morgan fingerprint density at radius 1 is 1.22 bits per heavy atom. The summed E-state index contributed by atoms with van der Waals surface area (Å²) >= 11 is 0. The molecule has 1 aromatic carbocycles. The normalized spacial score (nSPS) is 19.8. The Labute approximate surface area is 239 Å². The standard InChI is InChI=1S/C28H37F2N7O3S/c1-17(32-2)22(15-31)20-13-18-5-4-9-36(25(18)14-21(20)26(29)30)27-23-16-35(28(38)33-3)10-6-24(23)37(34-27)19-7-11-41(39,40)12-8-19/h13-15,19,26H,4-12,16,31H2,1-3H3,(H,33,38). The molecule has 10 nitrogen and oxygen atoms in total. The number of aryl methyl sites for hydroxylation is 1. The van der Waals surface area contributed by atoms with Crippen molar-refractivity contribution in [3.8, 4) is 0 Å². The second kappa shape index (κ2) is 11.4. The van der Waals surface area contributed by atoms with Gasteiger partial charge in [0.2, 0.25) is 0 Å². The summed E-state index contributed by atoms with van der Waals surface area (Å²) in [6.07, 6.45) is 1.58. The third-order valence-corrected chi connectivity index (χ3v) is 10.2. The van der Waals surface area contributed by atoms with Crippen LogP contribution in [-0.4, -0.2) is 73.5 Å². The van der Waals surface area contributed by atoms with Crippen LogP contribution in [0.25, 0.3) is 5.57 Å². The van der Waals surface area contributed by atoms with E-state index in [1.54, 1.807) is 38.1 Å². The van der Waals surface area contributed by atoms with E-state index in [1.807, 2.05) is 9.58 Å². The SMILES string of the molecule is CN=C(C)C(=CN)c1cc2c(cc1C(F)F)N(c1nn(C3CCS(=O)(=O)CC3)c3c1CN(C(=O)NC)CC3)CCC2. The van der Waals surface area contributed by atoms with E-state index >= 15 is 0 Å². The number of alkyl halides is 2. The maximum absolute atomic E-state index is 14.5. The number of fused-ring (bicyclic) bond motifs is 2. The number of aromatic nitrogens is 2. The van der Waals surface area contributed by atoms with E-state index in [4.69, 9.17) is 10.8 Å². The zero-order valence-corrected chi connectivity index (χ0v) is 24.5. The van der Waals surface area contributed by atoms with Gasteiger partial charge in [-0.25, -0.2) is 22.0 Å². The number of benzene rings is 1. The zero-order valence-electron chi connectivity index (χ0n) is 23.7. The molecule has 0 aliphatic carbocycles. The van der Waals surface area contributed by atoms with Crippen LogP contribution in [-0.2, 0) is 29.2 Å². The maximum Gasteiger partial charge on any atom is 0.317 e. The van der Waals surface area contributed by atoms with Crippen molar-refractivity contribution in [2.75, 3.05) is 43.6 Å². The molecule has 0 radical (unpaired) electrons. The number of rotatable bonds is 5. The first kappa shape index (κ1) is 29.0. The Balaban J connectivity index is 1.63. The highest BCUT2D eigenvalue weighted by atomic mass is 32.2. The number of sulfone groups is 1. The zero-order chi connectivity index (χ0) is 29.5. The number of amides is 2. The van der Waals surface area contributed by atoms with Gasteiger partial charge in [0.25, 0.3) is 6.43 Å². The number of halogens is 2. The average Bonchev–Trinajstić information content (AvgIpc) is 3.34. The van der Waals surface area contributed by atoms with Gasteiger partial charge in [-0.2, -0.15) is 5.10 Å². The molecular weight excluding hydrogens is 552 g/mol. The Morgan fingerprint density at radius 2 is 1.95 bits per heavy atom. The summed E-state index contributed by atoms with van der Waals surface area (Å²) in [4.78, 5) is 20.4. The van der Waals surface area contributed by atoms with Crippen molar-refractivity contribution in [1.29, 1.82) is 0 Å². The number of nitrogens with zero attached hydrogens (tertiary/aromatic N) is 5. The number of allylic oxidation sites excluding steroid dienone is 1. The van der Waals surface area contributed by atoms with E-state index in [1.165, 1.54) is 6.20 Å². The van der Waals surface area contributed by atoms with E-state index in [9.17, 15) is 22.0 Å². The van der Waals surface area contributed by atoms with Crippen LogP contribution >= 0.6 is 0 Å². The number of hydrogen-bond acceptors (Lipinski definition) is 7. The molecule has 0 unspecified atom stereocenters. The Kier molecular flexibility index (Phi) is 8.09. The number of urea groups is 1. The number of carbonyl (C=O) groups is 1. The molecule has 1 saturated heterocycles. The molecule has 3 aliphatic rings. The summed E-state index contributed by atoms with van der Waals surface area (Å²) in [7, 11) is 0.127. The summed E-state index contributed by atoms with van der Waals surface area (Å²) in [5, 5.41) is 7.73. The van der Waals surface area contributed by atoms with Crippen LogP contribution in [0.3, 0.4) is 0 Å². The summed E-state index contributed by atoms with van der Waals surface area (Å²) in [5.74, 6) is 0.851. The van der Waals surface area contributed by atoms with Crippen molar-refractivity contribution in [1.82, 2.24) is 20.0 Å². The Hall–Kier alpha value is -3.48. The van der Waals surface area contributed by atoms with Crippen LogP contribution in [0, 0.1) is 0 Å². The lowest BCUT2D eigenvalue weighted by molar-refractivity contribution is 0.151. The number of carbonyl (C=O) groups excluding carboxylic acids is 1. The molecule has 1 fully saturated rings. The smallest absolute Gasteiger partial charge is 0.317 e. The molecular formula is C28H37F2N7O3S. The van der Waals surface area contributed by atoms with Crippen LogP contribution in [0.15, 0.2) is 23.3 Å². The Bertz CT molecular complexity index is 1500. The molecule has 1 aromatic heterocycles. The largest absolute Gasteiger partial charge is 0.404 e. The number of anilines is 2. The number of hydrogen-bond donors (Lipinski definition) is 2. The highest BCUT2D eigenvalue weighted by Crippen LogP contribution is 2.43. The molecule has 2 aromatic rings. The summed E-state index contributed by atoms with van der Waals surface area (Å²) < 4.78 is 55.2. The van der Waals surface area contributed by atoms with Gasteiger partial charge in [0, 0.05) is 73.6 Å². The minimum absolute atomic E-state index is 0.0793. The fourth-order valence-corrected chi connectivity index (χ4v) is 7.68. The van der Waals surface area contributed by atoms with Crippen LogP contribution in [0.4, 0.5) is 25.1 Å². The maximum atomic E-state index is 14.5. The molecule has 222 valence electrons. The van der Waals surface area contributed by atoms with Crippen molar-refractivity contribution in [2.24, 2.45) is 10.7 Å². The molecule has 0 spiro atoms. The van der Waals surface area contributed by atoms with E-state index in [-0.39, 0.29) is 29.1 Å². The van der Waals surface area contributed by atoms with Crippen molar-refractivity contribution >= 4 is 38.7 Å². The summed E-state index contributed by atoms with van der Waals surface area (Å²) in [6.45, 7) is 3.15. The van der Waals surface area contributed by atoms with Crippen LogP contribution in [0.1, 0.15) is 66.6 Å². The third-order valence-electron chi connectivity index (χ3n) is 8.48. The Morgan fingerprint density at radius 3 is 2.59 bits per heavy atom. The topological polar surface area (TPSA) is 126 Å². The molecule has 41 heavy (non-hydrogen) atoms. The first-order valence-electron chi connectivity index (χ1n) is 13.9. The van der Waals surface area contributed by atoms with Crippen LogP contribution < -0.4 is 16.0 Å². The van der Waals surface area contributed by atoms with E-state index < -0.39 is 16.3 Å². The first-order chi connectivity index (χ1) is 19.6. The van der Waals surface area contributed by atoms with Gasteiger partial charge in [0.15, 0.2) is 5.82 Å². The number of nitrogens with one attached hydrogen (secondary N) is 1. The van der Waals surface area contributed by atoms with Crippen molar-refractivity contribution in [3.05, 3.63) is 46.3 Å². The second-order valence-corrected chi connectivity index (χ2v) is 13.1. The minimum atomic E-state index is -3.06. The van der Waals surface area contributed by atoms with Gasteiger partial charge in [0.1, 0.15) is 9.84 Å². The van der Waals surface area contributed by atoms with E-state index in [0.29, 0.717) is 73.7 Å². The van der Waals surface area contributed by atoms with Gasteiger partial charge in [-0.05, 0) is 55.9 Å². The van der Waals surface area contributed by atoms with E-state index in [2.05, 4.69) is 10.3 Å². The third kappa shape index (κ3) is 5.43. The lowest BCUT2D eigenvalue weighted by Crippen LogP contribution is -2.42. The van der Waals surface area contributed by atoms with Gasteiger partial charge in [0.05, 0.1) is 24.1 Å². The van der Waals surface area contributed by atoms with E-state index in [0.717, 1.165) is 23.2 Å². The first-order valence-corrected chi connectivity index (χ1v) is 15.8. The molecule has 3 aliphatic heterocycles. The molecule has 5 rings (SSSR count). The van der Waals surface area contributed by atoms with Gasteiger partial charge >= 0.3 is 6.03 Å². The quantitative estimate of drug-likeness (QED) is 0.512. The number of aliphatic imine (C=N–C) groups is 1. The molecule has 0 bridgehead atoms. The summed E-state index contributed by atoms with van der Waals surface area (Å²) in [5.41, 5.74) is 10.6.